The van der Waals surface area contributed by atoms with Gasteiger partial charge in [0.2, 0.25) is 0 Å². The maximum atomic E-state index is 15.0. The molecule has 6 rings (SSSR count). The van der Waals surface area contributed by atoms with Crippen molar-refractivity contribution in [1.29, 1.82) is 0 Å². The Kier molecular flexibility index (Phi) is 8.93. The topological polar surface area (TPSA) is 158 Å². The number of hydrogen-bond donors (Lipinski definition) is 3. The number of anilines is 2. The van der Waals surface area contributed by atoms with Crippen LogP contribution in [0.3, 0.4) is 0 Å². The molecule has 3 atom stereocenters. The largest absolute Gasteiger partial charge is 0.461 e. The van der Waals surface area contributed by atoms with Gasteiger partial charge in [0.1, 0.15) is 29.1 Å². The highest BCUT2D eigenvalue weighted by atomic mass is 19.1. The summed E-state index contributed by atoms with van der Waals surface area (Å²) in [5.41, 5.74) is 4.95. The van der Waals surface area contributed by atoms with Crippen LogP contribution in [0, 0.1) is 23.5 Å². The van der Waals surface area contributed by atoms with Crippen LogP contribution in [0.15, 0.2) is 83.9 Å². The first-order valence-corrected chi connectivity index (χ1v) is 14.8. The third kappa shape index (κ3) is 7.12. The maximum absolute atomic E-state index is 15.0. The number of benzene rings is 2. The second-order valence-electron chi connectivity index (χ2n) is 11.3. The third-order valence-electron chi connectivity index (χ3n) is 8.14. The molecule has 47 heavy (non-hydrogen) atoms. The summed E-state index contributed by atoms with van der Waals surface area (Å²) < 4.78 is 40.6. The normalized spacial score (nSPS) is 18.4. The van der Waals surface area contributed by atoms with E-state index in [1.165, 1.54) is 77.6 Å². The zero-order valence-electron chi connectivity index (χ0n) is 24.9. The molecule has 1 saturated heterocycles. The van der Waals surface area contributed by atoms with E-state index in [4.69, 9.17) is 15.2 Å². The van der Waals surface area contributed by atoms with Crippen LogP contribution in [0.5, 0.6) is 11.5 Å². The number of nitrogens with zero attached hydrogens (tertiary/aromatic N) is 3. The molecular weight excluding hydrogens is 614 g/mol. The van der Waals surface area contributed by atoms with Crippen molar-refractivity contribution in [2.45, 2.75) is 18.9 Å². The standard InChI is InChI=1S/C33H30F2N6O6/c34-21-3-6-23(7-4-21)41-11-1-2-26(32(41)44)31(43)38-22-5-8-28(27(35)14-22)46-24-9-10-37-29(15-24)39-33(45)40-17-19-12-25(13-20(19)18-40)47-30(42)16-36/h1-11,14-15,19-20,25H,12-13,16-18,36H2,(H,38,43)(H,37,39,45)/t19-,20+,25?. The van der Waals surface area contributed by atoms with Crippen molar-refractivity contribution < 1.29 is 32.6 Å². The van der Waals surface area contributed by atoms with Gasteiger partial charge in [0.05, 0.1) is 6.54 Å². The lowest BCUT2D eigenvalue weighted by molar-refractivity contribution is -0.147. The predicted octanol–water partition coefficient (Wildman–Crippen LogP) is 4.30. The number of nitrogens with two attached hydrogens (primary N) is 1. The first-order valence-electron chi connectivity index (χ1n) is 14.8. The Morgan fingerprint density at radius 1 is 0.957 bits per heavy atom. The number of likely N-dealkylation sites (tertiary alicyclic amines) is 1. The van der Waals surface area contributed by atoms with Crippen molar-refractivity contribution in [2.75, 3.05) is 30.3 Å². The number of carbonyl (C=O) groups excluding carboxylic acids is 3. The van der Waals surface area contributed by atoms with E-state index in [0.717, 1.165) is 6.07 Å². The zero-order valence-corrected chi connectivity index (χ0v) is 24.9. The Bertz CT molecular complexity index is 1870. The molecule has 2 aromatic carbocycles. The van der Waals surface area contributed by atoms with Crippen LogP contribution < -0.4 is 26.7 Å². The van der Waals surface area contributed by atoms with Crippen molar-refractivity contribution in [3.05, 3.63) is 107 Å². The van der Waals surface area contributed by atoms with Crippen LogP contribution in [-0.2, 0) is 9.53 Å². The molecule has 0 radical (unpaired) electrons. The monoisotopic (exact) mass is 644 g/mol. The van der Waals surface area contributed by atoms with Gasteiger partial charge in [-0.1, -0.05) is 0 Å². The molecule has 2 aromatic heterocycles. The molecule has 1 saturated carbocycles. The van der Waals surface area contributed by atoms with Crippen LogP contribution in [-0.4, -0.2) is 58.1 Å². The van der Waals surface area contributed by atoms with Crippen molar-refractivity contribution in [2.24, 2.45) is 17.6 Å². The SMILES string of the molecule is NCC(=O)OC1C[C@@H]2CN(C(=O)Nc3cc(Oc4ccc(NC(=O)c5cccn(-c6ccc(F)cc6)c5=O)cc4F)ccn3)C[C@@H]2C1. The van der Waals surface area contributed by atoms with E-state index in [2.05, 4.69) is 15.6 Å². The van der Waals surface area contributed by atoms with Gasteiger partial charge in [-0.15, -0.1) is 0 Å². The molecule has 3 heterocycles. The van der Waals surface area contributed by atoms with Crippen molar-refractivity contribution in [3.63, 3.8) is 0 Å². The number of rotatable bonds is 8. The lowest BCUT2D eigenvalue weighted by atomic mass is 10.0. The number of nitrogens with one attached hydrogen (secondary N) is 2. The minimum atomic E-state index is -0.791. The summed E-state index contributed by atoms with van der Waals surface area (Å²) in [6.45, 7) is 0.880. The van der Waals surface area contributed by atoms with Gasteiger partial charge >= 0.3 is 12.0 Å². The van der Waals surface area contributed by atoms with Gasteiger partial charge in [0.25, 0.3) is 11.5 Å². The molecule has 4 aromatic rings. The highest BCUT2D eigenvalue weighted by Gasteiger charge is 2.43. The number of ether oxygens (including phenoxy) is 2. The van der Waals surface area contributed by atoms with Gasteiger partial charge in [0.15, 0.2) is 11.6 Å². The van der Waals surface area contributed by atoms with Crippen molar-refractivity contribution in [3.8, 4) is 17.2 Å². The number of amides is 3. The van der Waals surface area contributed by atoms with E-state index < -0.39 is 29.1 Å². The number of carbonyl (C=O) groups is 3. The van der Waals surface area contributed by atoms with Crippen LogP contribution in [0.1, 0.15) is 23.2 Å². The van der Waals surface area contributed by atoms with Gasteiger partial charge in [-0.05, 0) is 79.3 Å². The maximum Gasteiger partial charge on any atom is 0.323 e. The fourth-order valence-corrected chi connectivity index (χ4v) is 5.93. The zero-order chi connectivity index (χ0) is 33.1. The van der Waals surface area contributed by atoms with Gasteiger partial charge in [-0.3, -0.25) is 24.3 Å². The van der Waals surface area contributed by atoms with Crippen LogP contribution in [0.4, 0.5) is 25.1 Å². The van der Waals surface area contributed by atoms with E-state index in [9.17, 15) is 23.6 Å². The third-order valence-corrected chi connectivity index (χ3v) is 8.14. The predicted molar refractivity (Wildman–Crippen MR) is 166 cm³/mol. The first-order chi connectivity index (χ1) is 22.7. The number of fused-ring (bicyclic) bond motifs is 1. The molecular formula is C33H30F2N6O6. The first kappa shape index (κ1) is 31.4. The highest BCUT2D eigenvalue weighted by Crippen LogP contribution is 2.39. The van der Waals surface area contributed by atoms with Gasteiger partial charge < -0.3 is 25.4 Å². The summed E-state index contributed by atoms with van der Waals surface area (Å²) in [5.74, 6) is -1.73. The molecule has 3 amide bonds. The van der Waals surface area contributed by atoms with Crippen LogP contribution >= 0.6 is 0 Å². The molecule has 2 aliphatic rings. The number of urea groups is 1. The molecule has 14 heteroatoms. The lowest BCUT2D eigenvalue weighted by Crippen LogP contribution is -2.34. The number of pyridine rings is 2. The Balaban J connectivity index is 1.05. The van der Waals surface area contributed by atoms with E-state index in [0.29, 0.717) is 31.6 Å². The van der Waals surface area contributed by atoms with Gasteiger partial charge in [0, 0.05) is 49.0 Å². The summed E-state index contributed by atoms with van der Waals surface area (Å²) in [7, 11) is 0. The Morgan fingerprint density at radius 3 is 2.40 bits per heavy atom. The molecule has 1 unspecified atom stereocenters. The van der Waals surface area contributed by atoms with Gasteiger partial charge in [-0.25, -0.2) is 18.6 Å². The Hall–Kier alpha value is -5.63. The molecule has 12 nitrogen and oxygen atoms in total. The number of halogens is 2. The molecule has 2 fully saturated rings. The van der Waals surface area contributed by atoms with E-state index in [1.807, 2.05) is 0 Å². The van der Waals surface area contributed by atoms with E-state index in [1.54, 1.807) is 4.90 Å². The summed E-state index contributed by atoms with van der Waals surface area (Å²) in [4.78, 5) is 56.1. The van der Waals surface area contributed by atoms with Crippen molar-refractivity contribution in [1.82, 2.24) is 14.5 Å². The number of esters is 1. The Labute approximate surface area is 267 Å². The Morgan fingerprint density at radius 2 is 1.70 bits per heavy atom. The fraction of sp³-hybridized carbons (Fsp3) is 0.242. The lowest BCUT2D eigenvalue weighted by Gasteiger charge is -2.20. The highest BCUT2D eigenvalue weighted by molar-refractivity contribution is 6.04. The summed E-state index contributed by atoms with van der Waals surface area (Å²) in [6.07, 6.45) is 4.04. The number of hydrogen-bond acceptors (Lipinski definition) is 8. The summed E-state index contributed by atoms with van der Waals surface area (Å²) in [6, 6.07) is 14.4. The molecule has 1 aliphatic heterocycles. The number of aromatic nitrogens is 2. The molecule has 0 bridgehead atoms. The minimum Gasteiger partial charge on any atom is -0.461 e. The van der Waals surface area contributed by atoms with Crippen LogP contribution in [0.2, 0.25) is 0 Å². The van der Waals surface area contributed by atoms with Crippen molar-refractivity contribution >= 4 is 29.4 Å². The summed E-state index contributed by atoms with van der Waals surface area (Å²) >= 11 is 0. The average Bonchev–Trinajstić information content (AvgIpc) is 3.62. The molecule has 4 N–H and O–H groups in total. The smallest absolute Gasteiger partial charge is 0.323 e. The minimum absolute atomic E-state index is 0.0818. The second kappa shape index (κ2) is 13.4. The average molecular weight is 645 g/mol. The molecule has 242 valence electrons. The van der Waals surface area contributed by atoms with Crippen LogP contribution in [0.25, 0.3) is 5.69 Å². The van der Waals surface area contributed by atoms with E-state index in [-0.39, 0.29) is 59.1 Å². The molecule has 1 aliphatic carbocycles. The quantitative estimate of drug-likeness (QED) is 0.240. The molecule has 0 spiro atoms. The summed E-state index contributed by atoms with van der Waals surface area (Å²) in [5, 5.41) is 5.25. The van der Waals surface area contributed by atoms with E-state index >= 15 is 4.39 Å². The van der Waals surface area contributed by atoms with Gasteiger partial charge in [-0.2, -0.15) is 0 Å². The second-order valence-corrected chi connectivity index (χ2v) is 11.3. The fourth-order valence-electron chi connectivity index (χ4n) is 5.93.